The molecule has 1 saturated heterocycles. The van der Waals surface area contributed by atoms with Crippen LogP contribution >= 0.6 is 11.6 Å². The Kier molecular flexibility index (Phi) is 6.72. The molecule has 1 amide bonds. The number of rotatable bonds is 6. The largest absolute Gasteiger partial charge is 0.325 e. The maximum absolute atomic E-state index is 12.7. The Morgan fingerprint density at radius 1 is 1.07 bits per heavy atom. The summed E-state index contributed by atoms with van der Waals surface area (Å²) in [6.07, 6.45) is 0. The van der Waals surface area contributed by atoms with Crippen LogP contribution in [0.2, 0.25) is 5.02 Å². The van der Waals surface area contributed by atoms with Gasteiger partial charge in [-0.3, -0.25) is 9.69 Å². The van der Waals surface area contributed by atoms with Gasteiger partial charge in [0.1, 0.15) is 0 Å². The van der Waals surface area contributed by atoms with Crippen molar-refractivity contribution in [2.45, 2.75) is 18.7 Å². The molecule has 1 aliphatic rings. The number of amides is 1. The zero-order valence-corrected chi connectivity index (χ0v) is 17.3. The minimum atomic E-state index is -3.37. The van der Waals surface area contributed by atoms with Crippen LogP contribution in [0.3, 0.4) is 0 Å². The van der Waals surface area contributed by atoms with Crippen LogP contribution in [0.1, 0.15) is 12.5 Å². The lowest BCUT2D eigenvalue weighted by Crippen LogP contribution is -2.54. The molecule has 8 heteroatoms. The van der Waals surface area contributed by atoms with Crippen LogP contribution in [0.5, 0.6) is 0 Å². The van der Waals surface area contributed by atoms with Crippen molar-refractivity contribution >= 4 is 33.2 Å². The van der Waals surface area contributed by atoms with E-state index in [1.165, 1.54) is 4.31 Å². The SMILES string of the molecule is C[C@H](C(=O)Nc1cccc(Cl)c1)N1CCN(S(=O)(=O)Cc2ccccc2)CC1. The first-order valence-corrected chi connectivity index (χ1v) is 11.2. The summed E-state index contributed by atoms with van der Waals surface area (Å²) in [4.78, 5) is 14.5. The summed E-state index contributed by atoms with van der Waals surface area (Å²) in [5, 5.41) is 3.42. The van der Waals surface area contributed by atoms with Crippen molar-refractivity contribution in [3.05, 3.63) is 65.2 Å². The summed E-state index contributed by atoms with van der Waals surface area (Å²) >= 11 is 5.95. The highest BCUT2D eigenvalue weighted by atomic mass is 35.5. The minimum Gasteiger partial charge on any atom is -0.325 e. The van der Waals surface area contributed by atoms with Gasteiger partial charge in [-0.05, 0) is 30.7 Å². The number of piperazine rings is 1. The molecule has 1 N–H and O–H groups in total. The second kappa shape index (κ2) is 9.05. The Bertz CT molecular complexity index is 913. The Balaban J connectivity index is 1.54. The van der Waals surface area contributed by atoms with Gasteiger partial charge in [-0.2, -0.15) is 4.31 Å². The number of hydrogen-bond donors (Lipinski definition) is 1. The standard InChI is InChI=1S/C20H24ClN3O3S/c1-16(20(25)22-19-9-5-8-18(21)14-19)23-10-12-24(13-11-23)28(26,27)15-17-6-3-2-4-7-17/h2-9,14,16H,10-13,15H2,1H3,(H,22,25)/t16-/m1/s1. The van der Waals surface area contributed by atoms with Crippen LogP contribution in [-0.2, 0) is 20.6 Å². The molecule has 2 aromatic carbocycles. The van der Waals surface area contributed by atoms with Crippen molar-refractivity contribution in [2.75, 3.05) is 31.5 Å². The van der Waals surface area contributed by atoms with E-state index >= 15 is 0 Å². The van der Waals surface area contributed by atoms with Crippen molar-refractivity contribution in [2.24, 2.45) is 0 Å². The molecule has 1 heterocycles. The van der Waals surface area contributed by atoms with Gasteiger partial charge in [0.05, 0.1) is 11.8 Å². The first kappa shape index (κ1) is 20.8. The number of benzene rings is 2. The number of carbonyl (C=O) groups excluding carboxylic acids is 1. The van der Waals surface area contributed by atoms with Crippen molar-refractivity contribution in [3.63, 3.8) is 0 Å². The molecule has 2 aromatic rings. The first-order chi connectivity index (χ1) is 13.3. The molecule has 0 bridgehead atoms. The highest BCUT2D eigenvalue weighted by molar-refractivity contribution is 7.88. The van der Waals surface area contributed by atoms with Gasteiger partial charge in [-0.25, -0.2) is 8.42 Å². The lowest BCUT2D eigenvalue weighted by atomic mass is 10.2. The monoisotopic (exact) mass is 421 g/mol. The van der Waals surface area contributed by atoms with Crippen molar-refractivity contribution < 1.29 is 13.2 Å². The zero-order chi connectivity index (χ0) is 20.1. The number of nitrogens with zero attached hydrogens (tertiary/aromatic N) is 2. The van der Waals surface area contributed by atoms with Gasteiger partial charge in [0, 0.05) is 36.9 Å². The van der Waals surface area contributed by atoms with Crippen LogP contribution in [0.4, 0.5) is 5.69 Å². The Hall–Kier alpha value is -1.93. The van der Waals surface area contributed by atoms with Crippen molar-refractivity contribution in [3.8, 4) is 0 Å². The summed E-state index contributed by atoms with van der Waals surface area (Å²) in [6, 6.07) is 15.8. The predicted octanol–water partition coefficient (Wildman–Crippen LogP) is 2.81. The Morgan fingerprint density at radius 3 is 2.39 bits per heavy atom. The molecule has 0 aromatic heterocycles. The molecule has 0 saturated carbocycles. The summed E-state index contributed by atoms with van der Waals surface area (Å²) in [6.45, 7) is 3.61. The molecule has 0 spiro atoms. The second-order valence-corrected chi connectivity index (χ2v) is 9.26. The molecule has 0 aliphatic carbocycles. The van der Waals surface area contributed by atoms with Crippen LogP contribution in [0, 0.1) is 0 Å². The molecule has 1 atom stereocenters. The third-order valence-corrected chi connectivity index (χ3v) is 6.96. The van der Waals surface area contributed by atoms with Crippen LogP contribution in [0.15, 0.2) is 54.6 Å². The predicted molar refractivity (Wildman–Crippen MR) is 112 cm³/mol. The first-order valence-electron chi connectivity index (χ1n) is 9.17. The lowest BCUT2D eigenvalue weighted by molar-refractivity contribution is -0.121. The molecule has 0 unspecified atom stereocenters. The van der Waals surface area contributed by atoms with Gasteiger partial charge < -0.3 is 5.32 Å². The van der Waals surface area contributed by atoms with E-state index in [1.807, 2.05) is 42.2 Å². The normalized spacial score (nSPS) is 17.2. The van der Waals surface area contributed by atoms with E-state index in [4.69, 9.17) is 11.6 Å². The molecule has 3 rings (SSSR count). The quantitative estimate of drug-likeness (QED) is 0.778. The van der Waals surface area contributed by atoms with Crippen LogP contribution in [0.25, 0.3) is 0 Å². The van der Waals surface area contributed by atoms with Crippen molar-refractivity contribution in [1.82, 2.24) is 9.21 Å². The maximum atomic E-state index is 12.7. The molecule has 28 heavy (non-hydrogen) atoms. The minimum absolute atomic E-state index is 0.00134. The Morgan fingerprint density at radius 2 is 1.75 bits per heavy atom. The fourth-order valence-corrected chi connectivity index (χ4v) is 4.93. The molecule has 6 nitrogen and oxygen atoms in total. The third-order valence-electron chi connectivity index (χ3n) is 4.88. The van der Waals surface area contributed by atoms with Gasteiger partial charge in [-0.15, -0.1) is 0 Å². The fourth-order valence-electron chi connectivity index (χ4n) is 3.22. The number of carbonyl (C=O) groups is 1. The van der Waals surface area contributed by atoms with E-state index in [-0.39, 0.29) is 17.7 Å². The average Bonchev–Trinajstić information content (AvgIpc) is 2.68. The maximum Gasteiger partial charge on any atom is 0.241 e. The number of anilines is 1. The second-order valence-electron chi connectivity index (χ2n) is 6.85. The highest BCUT2D eigenvalue weighted by Crippen LogP contribution is 2.18. The fraction of sp³-hybridized carbons (Fsp3) is 0.350. The van der Waals surface area contributed by atoms with E-state index in [0.29, 0.717) is 36.9 Å². The smallest absolute Gasteiger partial charge is 0.241 e. The van der Waals surface area contributed by atoms with Crippen molar-refractivity contribution in [1.29, 1.82) is 0 Å². The number of sulfonamides is 1. The van der Waals surface area contributed by atoms with Gasteiger partial charge in [0.15, 0.2) is 0 Å². The average molecular weight is 422 g/mol. The summed E-state index contributed by atoms with van der Waals surface area (Å²) in [5.74, 6) is -0.138. The summed E-state index contributed by atoms with van der Waals surface area (Å²) in [5.41, 5.74) is 1.42. The molecule has 1 fully saturated rings. The van der Waals surface area contributed by atoms with E-state index < -0.39 is 10.0 Å². The highest BCUT2D eigenvalue weighted by Gasteiger charge is 2.30. The van der Waals surface area contributed by atoms with E-state index in [2.05, 4.69) is 5.32 Å². The van der Waals surface area contributed by atoms with Crippen LogP contribution in [-0.4, -0.2) is 55.8 Å². The molecule has 150 valence electrons. The summed E-state index contributed by atoms with van der Waals surface area (Å²) in [7, 11) is -3.37. The molecule has 0 radical (unpaired) electrons. The zero-order valence-electron chi connectivity index (χ0n) is 15.7. The lowest BCUT2D eigenvalue weighted by Gasteiger charge is -2.36. The van der Waals surface area contributed by atoms with E-state index in [0.717, 1.165) is 5.56 Å². The molecular weight excluding hydrogens is 398 g/mol. The summed E-state index contributed by atoms with van der Waals surface area (Å²) < 4.78 is 26.8. The number of nitrogens with one attached hydrogen (secondary N) is 1. The third kappa shape index (κ3) is 5.32. The van der Waals surface area contributed by atoms with Gasteiger partial charge >= 0.3 is 0 Å². The van der Waals surface area contributed by atoms with Gasteiger partial charge in [0.2, 0.25) is 15.9 Å². The van der Waals surface area contributed by atoms with Gasteiger partial charge in [-0.1, -0.05) is 48.0 Å². The number of hydrogen-bond acceptors (Lipinski definition) is 4. The van der Waals surface area contributed by atoms with E-state index in [9.17, 15) is 13.2 Å². The molecule has 1 aliphatic heterocycles. The van der Waals surface area contributed by atoms with E-state index in [1.54, 1.807) is 24.3 Å². The Labute approximate surface area is 171 Å². The van der Waals surface area contributed by atoms with Crippen LogP contribution < -0.4 is 5.32 Å². The van der Waals surface area contributed by atoms with Gasteiger partial charge in [0.25, 0.3) is 0 Å². The topological polar surface area (TPSA) is 69.7 Å². The number of halogens is 1. The molecular formula is C20H24ClN3O3S.